The molecule has 0 aliphatic rings. The van der Waals surface area contributed by atoms with E-state index in [0.29, 0.717) is 27.2 Å². The Kier molecular flexibility index (Phi) is 4.05. The van der Waals surface area contributed by atoms with Crippen molar-refractivity contribution in [2.75, 3.05) is 5.73 Å². The third-order valence-corrected chi connectivity index (χ3v) is 3.54. The number of hydrogen-bond donors (Lipinski definition) is 1. The summed E-state index contributed by atoms with van der Waals surface area (Å²) >= 11 is 15.4. The molecule has 0 aliphatic heterocycles. The second-order valence-corrected chi connectivity index (χ2v) is 5.55. The maximum atomic E-state index is 6.07. The third-order valence-electron chi connectivity index (χ3n) is 2.41. The van der Waals surface area contributed by atoms with Gasteiger partial charge in [-0.25, -0.2) is 0 Å². The molecule has 18 heavy (non-hydrogen) atoms. The smallest absolute Gasteiger partial charge is 0.147 e. The molecule has 2 aromatic rings. The number of ether oxygens (including phenoxy) is 1. The second kappa shape index (κ2) is 5.39. The lowest BCUT2D eigenvalue weighted by molar-refractivity contribution is 0.479. The van der Waals surface area contributed by atoms with Gasteiger partial charge in [0.2, 0.25) is 0 Å². The van der Waals surface area contributed by atoms with Gasteiger partial charge in [-0.1, -0.05) is 39.1 Å². The molecule has 0 spiro atoms. The molecule has 0 saturated carbocycles. The highest BCUT2D eigenvalue weighted by Crippen LogP contribution is 2.36. The molecule has 0 unspecified atom stereocenters. The van der Waals surface area contributed by atoms with E-state index >= 15 is 0 Å². The zero-order chi connectivity index (χ0) is 13.3. The lowest BCUT2D eigenvalue weighted by atomic mass is 10.2. The van der Waals surface area contributed by atoms with Gasteiger partial charge < -0.3 is 10.5 Å². The van der Waals surface area contributed by atoms with E-state index in [2.05, 4.69) is 15.9 Å². The summed E-state index contributed by atoms with van der Waals surface area (Å²) in [5.74, 6) is 1.20. The van der Waals surface area contributed by atoms with Crippen LogP contribution in [-0.4, -0.2) is 0 Å². The first-order chi connectivity index (χ1) is 8.47. The van der Waals surface area contributed by atoms with Crippen LogP contribution in [0.15, 0.2) is 34.8 Å². The molecule has 0 radical (unpaired) electrons. The summed E-state index contributed by atoms with van der Waals surface area (Å²) in [4.78, 5) is 0. The lowest BCUT2D eigenvalue weighted by Crippen LogP contribution is -1.92. The first-order valence-electron chi connectivity index (χ1n) is 5.16. The van der Waals surface area contributed by atoms with Crippen LogP contribution in [0.1, 0.15) is 5.56 Å². The number of rotatable bonds is 2. The monoisotopic (exact) mass is 345 g/mol. The summed E-state index contributed by atoms with van der Waals surface area (Å²) in [5.41, 5.74) is 7.14. The van der Waals surface area contributed by atoms with Gasteiger partial charge in [0.1, 0.15) is 11.5 Å². The molecule has 0 bridgehead atoms. The van der Waals surface area contributed by atoms with Crippen molar-refractivity contribution in [3.05, 3.63) is 50.4 Å². The minimum Gasteiger partial charge on any atom is -0.455 e. The highest BCUT2D eigenvalue weighted by atomic mass is 79.9. The van der Waals surface area contributed by atoms with Crippen LogP contribution in [0.25, 0.3) is 0 Å². The van der Waals surface area contributed by atoms with Crippen LogP contribution >= 0.6 is 39.1 Å². The van der Waals surface area contributed by atoms with Crippen LogP contribution in [0, 0.1) is 6.92 Å². The molecule has 5 heteroatoms. The molecule has 0 aromatic heterocycles. The average Bonchev–Trinajstić information content (AvgIpc) is 2.30. The van der Waals surface area contributed by atoms with Gasteiger partial charge in [-0.3, -0.25) is 0 Å². The van der Waals surface area contributed by atoms with E-state index in [-0.39, 0.29) is 0 Å². The predicted octanol–water partition coefficient (Wildman–Crippen LogP) is 5.44. The van der Waals surface area contributed by atoms with Crippen molar-refractivity contribution in [2.24, 2.45) is 0 Å². The number of hydrogen-bond acceptors (Lipinski definition) is 2. The summed E-state index contributed by atoms with van der Waals surface area (Å²) in [7, 11) is 0. The highest BCUT2D eigenvalue weighted by Gasteiger charge is 2.09. The Morgan fingerprint density at radius 2 is 1.78 bits per heavy atom. The zero-order valence-corrected chi connectivity index (χ0v) is 12.6. The summed E-state index contributed by atoms with van der Waals surface area (Å²) < 4.78 is 6.64. The van der Waals surface area contributed by atoms with Crippen LogP contribution in [0.3, 0.4) is 0 Å². The molecule has 94 valence electrons. The topological polar surface area (TPSA) is 35.2 Å². The fraction of sp³-hybridized carbons (Fsp3) is 0.0769. The standard InChI is InChI=1S/C13H10BrCl2NO/c1-7-4-11(17)10(16)6-12(7)18-13-5-8(14)2-3-9(13)15/h2-6H,17H2,1H3. The van der Waals surface area contributed by atoms with E-state index in [9.17, 15) is 0 Å². The zero-order valence-electron chi connectivity index (χ0n) is 9.51. The van der Waals surface area contributed by atoms with Gasteiger partial charge in [-0.15, -0.1) is 0 Å². The molecular formula is C13H10BrCl2NO. The van der Waals surface area contributed by atoms with Crippen molar-refractivity contribution in [1.82, 2.24) is 0 Å². The molecule has 2 N–H and O–H groups in total. The maximum absolute atomic E-state index is 6.07. The van der Waals surface area contributed by atoms with E-state index in [1.54, 1.807) is 24.3 Å². The molecule has 0 fully saturated rings. The fourth-order valence-electron chi connectivity index (χ4n) is 1.47. The van der Waals surface area contributed by atoms with E-state index in [1.807, 2.05) is 13.0 Å². The quantitative estimate of drug-likeness (QED) is 0.735. The SMILES string of the molecule is Cc1cc(N)c(Cl)cc1Oc1cc(Br)ccc1Cl. The highest BCUT2D eigenvalue weighted by molar-refractivity contribution is 9.10. The van der Waals surface area contributed by atoms with Crippen molar-refractivity contribution in [2.45, 2.75) is 6.92 Å². The van der Waals surface area contributed by atoms with Gasteiger partial charge >= 0.3 is 0 Å². The van der Waals surface area contributed by atoms with E-state index in [4.69, 9.17) is 33.7 Å². The Hall–Kier alpha value is -0.900. The number of benzene rings is 2. The first kappa shape index (κ1) is 13.5. The summed E-state index contributed by atoms with van der Waals surface area (Å²) in [6.07, 6.45) is 0. The van der Waals surface area contributed by atoms with Gasteiger partial charge in [-0.2, -0.15) is 0 Å². The Labute approximate surface area is 124 Å². The van der Waals surface area contributed by atoms with Gasteiger partial charge in [-0.05, 0) is 36.8 Å². The van der Waals surface area contributed by atoms with Gasteiger partial charge in [0.05, 0.1) is 15.7 Å². The normalized spacial score (nSPS) is 10.4. The largest absolute Gasteiger partial charge is 0.455 e. The molecule has 2 nitrogen and oxygen atoms in total. The van der Waals surface area contributed by atoms with Crippen molar-refractivity contribution < 1.29 is 4.74 Å². The van der Waals surface area contributed by atoms with Crippen molar-refractivity contribution in [3.63, 3.8) is 0 Å². The first-order valence-corrected chi connectivity index (χ1v) is 6.71. The van der Waals surface area contributed by atoms with E-state index in [1.165, 1.54) is 0 Å². The average molecular weight is 347 g/mol. The molecule has 0 saturated heterocycles. The molecule has 0 heterocycles. The van der Waals surface area contributed by atoms with Crippen LogP contribution < -0.4 is 10.5 Å². The second-order valence-electron chi connectivity index (χ2n) is 3.82. The van der Waals surface area contributed by atoms with Crippen molar-refractivity contribution >= 4 is 44.8 Å². The molecule has 0 amide bonds. The molecular weight excluding hydrogens is 337 g/mol. The van der Waals surface area contributed by atoms with E-state index < -0.39 is 0 Å². The predicted molar refractivity (Wildman–Crippen MR) is 79.8 cm³/mol. The van der Waals surface area contributed by atoms with Gasteiger partial charge in [0.15, 0.2) is 0 Å². The number of nitrogen functional groups attached to an aromatic ring is 1. The Balaban J connectivity index is 2.40. The maximum Gasteiger partial charge on any atom is 0.147 e. The molecule has 0 aliphatic carbocycles. The van der Waals surface area contributed by atoms with Gasteiger partial charge in [0.25, 0.3) is 0 Å². The number of anilines is 1. The molecule has 0 atom stereocenters. The summed E-state index contributed by atoms with van der Waals surface area (Å²) in [6, 6.07) is 8.85. The van der Waals surface area contributed by atoms with Crippen molar-refractivity contribution in [3.8, 4) is 11.5 Å². The van der Waals surface area contributed by atoms with Gasteiger partial charge in [0, 0.05) is 10.5 Å². The molecule has 2 rings (SSSR count). The minimum absolute atomic E-state index is 0.460. The summed E-state index contributed by atoms with van der Waals surface area (Å²) in [5, 5.41) is 0.993. The van der Waals surface area contributed by atoms with Crippen LogP contribution in [0.2, 0.25) is 10.0 Å². The Morgan fingerprint density at radius 1 is 1.06 bits per heavy atom. The van der Waals surface area contributed by atoms with E-state index in [0.717, 1.165) is 10.0 Å². The molecule has 2 aromatic carbocycles. The van der Waals surface area contributed by atoms with Crippen LogP contribution in [0.4, 0.5) is 5.69 Å². The third kappa shape index (κ3) is 2.91. The Morgan fingerprint density at radius 3 is 2.50 bits per heavy atom. The minimum atomic E-state index is 0.460. The van der Waals surface area contributed by atoms with Crippen LogP contribution in [0.5, 0.6) is 11.5 Å². The Bertz CT molecular complexity index is 602. The fourth-order valence-corrected chi connectivity index (χ4v) is 2.12. The number of nitrogens with two attached hydrogens (primary N) is 1. The summed E-state index contributed by atoms with van der Waals surface area (Å²) in [6.45, 7) is 1.90. The number of halogens is 3. The lowest BCUT2D eigenvalue weighted by Gasteiger charge is -2.12. The van der Waals surface area contributed by atoms with Crippen LogP contribution in [-0.2, 0) is 0 Å². The van der Waals surface area contributed by atoms with Crippen molar-refractivity contribution in [1.29, 1.82) is 0 Å². The number of aryl methyl sites for hydroxylation is 1.